The Morgan fingerprint density at radius 3 is 2.63 bits per heavy atom. The number of nitrogen functional groups attached to an aromatic ring is 1. The van der Waals surface area contributed by atoms with Gasteiger partial charge in [-0.3, -0.25) is 0 Å². The highest BCUT2D eigenvalue weighted by Gasteiger charge is 2.37. The van der Waals surface area contributed by atoms with Crippen LogP contribution in [0.4, 0.5) is 10.8 Å². The topological polar surface area (TPSA) is 51.4 Å². The summed E-state index contributed by atoms with van der Waals surface area (Å²) in [7, 11) is 0. The number of rotatable bonds is 5. The number of aromatic nitrogens is 1. The van der Waals surface area contributed by atoms with Crippen molar-refractivity contribution < 1.29 is 4.74 Å². The van der Waals surface area contributed by atoms with Gasteiger partial charge >= 0.3 is 0 Å². The largest absolute Gasteiger partial charge is 0.484 e. The highest BCUT2D eigenvalue weighted by molar-refractivity contribution is 7.11. The Bertz CT molecular complexity index is 426. The van der Waals surface area contributed by atoms with E-state index in [-0.39, 0.29) is 6.10 Å². The normalized spacial score (nSPS) is 18.3. The Labute approximate surface area is 120 Å². The number of nitrogens with zero attached hydrogens (tertiary/aromatic N) is 2. The van der Waals surface area contributed by atoms with E-state index in [0.717, 1.165) is 23.8 Å². The summed E-state index contributed by atoms with van der Waals surface area (Å²) in [5.41, 5.74) is 6.39. The van der Waals surface area contributed by atoms with Crippen molar-refractivity contribution in [1.82, 2.24) is 4.37 Å². The van der Waals surface area contributed by atoms with Crippen LogP contribution < -0.4 is 15.4 Å². The van der Waals surface area contributed by atoms with Crippen LogP contribution in [0, 0.1) is 5.41 Å². The lowest BCUT2D eigenvalue weighted by molar-refractivity contribution is 0.244. The average molecular weight is 283 g/mol. The molecule has 2 rings (SSSR count). The van der Waals surface area contributed by atoms with Crippen LogP contribution in [0.15, 0.2) is 0 Å². The van der Waals surface area contributed by atoms with Crippen molar-refractivity contribution in [2.45, 2.75) is 53.1 Å². The number of ether oxygens (including phenoxy) is 1. The molecular formula is C14H25N3OS. The molecule has 0 saturated carbocycles. The molecule has 4 nitrogen and oxygen atoms in total. The molecular weight excluding hydrogens is 258 g/mol. The molecule has 0 aliphatic carbocycles. The van der Waals surface area contributed by atoms with Gasteiger partial charge in [0.1, 0.15) is 0 Å². The van der Waals surface area contributed by atoms with Gasteiger partial charge in [-0.25, -0.2) is 0 Å². The minimum Gasteiger partial charge on any atom is -0.484 e. The van der Waals surface area contributed by atoms with E-state index >= 15 is 0 Å². The fraction of sp³-hybridized carbons (Fsp3) is 0.786. The smallest absolute Gasteiger partial charge is 0.198 e. The summed E-state index contributed by atoms with van der Waals surface area (Å²) in [6, 6.07) is 0. The Hall–Kier alpha value is -0.970. The molecule has 0 spiro atoms. The Kier molecular flexibility index (Phi) is 4.23. The molecule has 0 atom stereocenters. The van der Waals surface area contributed by atoms with E-state index in [2.05, 4.69) is 23.1 Å². The second-order valence-corrected chi connectivity index (χ2v) is 6.50. The maximum absolute atomic E-state index is 5.94. The quantitative estimate of drug-likeness (QED) is 0.898. The standard InChI is InChI=1S/C14H25N3OS/c1-5-14(6-2)7-8-17(9-14)13-11(18-10(3)4)12(15)16-19-13/h10H,5-9H2,1-4H3,(H2,15,16). The zero-order valence-corrected chi connectivity index (χ0v) is 13.2. The fourth-order valence-corrected chi connectivity index (χ4v) is 3.54. The van der Waals surface area contributed by atoms with Gasteiger partial charge in [0.05, 0.1) is 6.10 Å². The molecule has 0 aromatic carbocycles. The van der Waals surface area contributed by atoms with Crippen LogP contribution in [-0.4, -0.2) is 23.6 Å². The van der Waals surface area contributed by atoms with E-state index in [4.69, 9.17) is 10.5 Å². The molecule has 2 N–H and O–H groups in total. The van der Waals surface area contributed by atoms with Crippen molar-refractivity contribution >= 4 is 22.4 Å². The minimum absolute atomic E-state index is 0.127. The maximum atomic E-state index is 5.94. The maximum Gasteiger partial charge on any atom is 0.198 e. The SMILES string of the molecule is CCC1(CC)CCN(c2snc(N)c2OC(C)C)C1. The molecule has 1 aliphatic rings. The van der Waals surface area contributed by atoms with Gasteiger partial charge in [0, 0.05) is 13.1 Å². The summed E-state index contributed by atoms with van der Waals surface area (Å²) in [4.78, 5) is 2.40. The molecule has 1 aromatic heterocycles. The van der Waals surface area contributed by atoms with E-state index < -0.39 is 0 Å². The first-order valence-electron chi connectivity index (χ1n) is 7.18. The third-order valence-electron chi connectivity index (χ3n) is 4.24. The van der Waals surface area contributed by atoms with Gasteiger partial charge < -0.3 is 15.4 Å². The first-order valence-corrected chi connectivity index (χ1v) is 7.95. The Morgan fingerprint density at radius 2 is 2.11 bits per heavy atom. The van der Waals surface area contributed by atoms with Crippen LogP contribution in [0.2, 0.25) is 0 Å². The molecule has 0 radical (unpaired) electrons. The molecule has 19 heavy (non-hydrogen) atoms. The van der Waals surface area contributed by atoms with E-state index in [9.17, 15) is 0 Å². The van der Waals surface area contributed by atoms with Gasteiger partial charge in [0.25, 0.3) is 0 Å². The van der Waals surface area contributed by atoms with Crippen molar-refractivity contribution in [3.63, 3.8) is 0 Å². The second kappa shape index (κ2) is 5.57. The van der Waals surface area contributed by atoms with Crippen LogP contribution in [0.3, 0.4) is 0 Å². The van der Waals surface area contributed by atoms with Crippen LogP contribution in [0.5, 0.6) is 5.75 Å². The van der Waals surface area contributed by atoms with Crippen molar-refractivity contribution in [3.8, 4) is 5.75 Å². The van der Waals surface area contributed by atoms with Gasteiger partial charge in [0.2, 0.25) is 0 Å². The Balaban J connectivity index is 2.20. The molecule has 0 unspecified atom stereocenters. The number of anilines is 2. The van der Waals surface area contributed by atoms with Gasteiger partial charge in [0.15, 0.2) is 16.6 Å². The molecule has 2 heterocycles. The third kappa shape index (κ3) is 2.81. The van der Waals surface area contributed by atoms with Gasteiger partial charge in [-0.2, -0.15) is 4.37 Å². The summed E-state index contributed by atoms with van der Waals surface area (Å²) in [6.07, 6.45) is 3.84. The summed E-state index contributed by atoms with van der Waals surface area (Å²) >= 11 is 1.46. The monoisotopic (exact) mass is 283 g/mol. The van der Waals surface area contributed by atoms with Crippen LogP contribution in [-0.2, 0) is 0 Å². The molecule has 0 bridgehead atoms. The van der Waals surface area contributed by atoms with E-state index in [1.807, 2.05) is 13.8 Å². The average Bonchev–Trinajstić information content (AvgIpc) is 2.95. The van der Waals surface area contributed by atoms with Crippen molar-refractivity contribution in [2.24, 2.45) is 5.41 Å². The lowest BCUT2D eigenvalue weighted by atomic mass is 9.82. The van der Waals surface area contributed by atoms with Crippen LogP contribution in [0.1, 0.15) is 47.0 Å². The lowest BCUT2D eigenvalue weighted by Crippen LogP contribution is -2.26. The molecule has 1 aliphatic heterocycles. The van der Waals surface area contributed by atoms with E-state index in [1.165, 1.54) is 30.8 Å². The fourth-order valence-electron chi connectivity index (χ4n) is 2.77. The number of hydrogen-bond donors (Lipinski definition) is 1. The van der Waals surface area contributed by atoms with E-state index in [1.54, 1.807) is 0 Å². The summed E-state index contributed by atoms with van der Waals surface area (Å²) in [5.74, 6) is 1.31. The highest BCUT2D eigenvalue weighted by atomic mass is 32.1. The zero-order valence-electron chi connectivity index (χ0n) is 12.4. The molecule has 108 valence electrons. The first-order chi connectivity index (χ1) is 9.01. The lowest BCUT2D eigenvalue weighted by Gasteiger charge is -2.26. The molecule has 1 fully saturated rings. The van der Waals surface area contributed by atoms with Gasteiger partial charge in [-0.15, -0.1) is 0 Å². The van der Waals surface area contributed by atoms with Crippen LogP contribution >= 0.6 is 11.5 Å². The van der Waals surface area contributed by atoms with Crippen molar-refractivity contribution in [1.29, 1.82) is 0 Å². The van der Waals surface area contributed by atoms with Gasteiger partial charge in [-0.1, -0.05) is 13.8 Å². The summed E-state index contributed by atoms with van der Waals surface area (Å²) in [5, 5.41) is 1.11. The van der Waals surface area contributed by atoms with Crippen molar-refractivity contribution in [3.05, 3.63) is 0 Å². The van der Waals surface area contributed by atoms with Crippen molar-refractivity contribution in [2.75, 3.05) is 23.7 Å². The first kappa shape index (κ1) is 14.4. The Morgan fingerprint density at radius 1 is 1.42 bits per heavy atom. The molecule has 5 heteroatoms. The third-order valence-corrected chi connectivity index (χ3v) is 5.14. The molecule has 1 saturated heterocycles. The summed E-state index contributed by atoms with van der Waals surface area (Å²) in [6.45, 7) is 10.8. The summed E-state index contributed by atoms with van der Waals surface area (Å²) < 4.78 is 10.1. The van der Waals surface area contributed by atoms with E-state index in [0.29, 0.717) is 11.2 Å². The highest BCUT2D eigenvalue weighted by Crippen LogP contribution is 2.45. The second-order valence-electron chi connectivity index (χ2n) is 5.75. The minimum atomic E-state index is 0.127. The number of hydrogen-bond acceptors (Lipinski definition) is 5. The zero-order chi connectivity index (χ0) is 14.0. The van der Waals surface area contributed by atoms with Gasteiger partial charge in [-0.05, 0) is 50.1 Å². The van der Waals surface area contributed by atoms with Crippen LogP contribution in [0.25, 0.3) is 0 Å². The predicted octanol–water partition coefficient (Wildman–Crippen LogP) is 3.53. The molecule has 0 amide bonds. The molecule has 1 aromatic rings. The predicted molar refractivity (Wildman–Crippen MR) is 82.1 cm³/mol. The number of nitrogens with two attached hydrogens (primary N) is 1.